The fourth-order valence-electron chi connectivity index (χ4n) is 2.62. The van der Waals surface area contributed by atoms with E-state index in [2.05, 4.69) is 25.1 Å². The third-order valence-corrected chi connectivity index (χ3v) is 3.82. The molecule has 1 aromatic heterocycles. The zero-order chi connectivity index (χ0) is 14.1. The third-order valence-electron chi connectivity index (χ3n) is 3.82. The minimum absolute atomic E-state index is 0.0597. The summed E-state index contributed by atoms with van der Waals surface area (Å²) in [6, 6.07) is 18.0. The molecule has 0 atom stereocenters. The Labute approximate surface area is 118 Å². The lowest BCUT2D eigenvalue weighted by Crippen LogP contribution is -2.21. The molecule has 3 aromatic rings. The summed E-state index contributed by atoms with van der Waals surface area (Å²) >= 11 is 0. The van der Waals surface area contributed by atoms with E-state index < -0.39 is 0 Å². The van der Waals surface area contributed by atoms with Crippen molar-refractivity contribution in [1.82, 2.24) is 4.57 Å². The maximum Gasteiger partial charge on any atom is 0.251 e. The molecule has 0 saturated carbocycles. The molecule has 0 unspecified atom stereocenters. The first-order valence-electron chi connectivity index (χ1n) is 6.80. The molecule has 1 heterocycles. The van der Waals surface area contributed by atoms with Gasteiger partial charge in [0.05, 0.1) is 12.1 Å². The molecule has 0 N–H and O–H groups in total. The van der Waals surface area contributed by atoms with Gasteiger partial charge in [0.2, 0.25) is 0 Å². The summed E-state index contributed by atoms with van der Waals surface area (Å²) < 4.78 is 1.85. The Morgan fingerprint density at radius 3 is 2.40 bits per heavy atom. The number of fused-ring (bicyclic) bond motifs is 1. The molecule has 100 valence electrons. The molecule has 0 amide bonds. The number of nitrogens with zero attached hydrogens (tertiary/aromatic N) is 1. The molecule has 0 bridgehead atoms. The Bertz CT molecular complexity index is 830. The van der Waals surface area contributed by atoms with Crippen molar-refractivity contribution in [3.63, 3.8) is 0 Å². The lowest BCUT2D eigenvalue weighted by Gasteiger charge is -2.13. The molecule has 2 aromatic carbocycles. The Kier molecular flexibility index (Phi) is 3.15. The maximum atomic E-state index is 12.3. The van der Waals surface area contributed by atoms with Gasteiger partial charge < -0.3 is 4.57 Å². The standard InChI is InChI=1S/C18H17NO/c1-13-7-3-4-8-15(13)12-19-17-10-6-5-9-16(17)14(2)11-18(19)20/h3-11H,12H2,1-2H3. The molecule has 0 aliphatic carbocycles. The second kappa shape index (κ2) is 4.97. The zero-order valence-corrected chi connectivity index (χ0v) is 11.8. The van der Waals surface area contributed by atoms with Crippen molar-refractivity contribution in [2.45, 2.75) is 20.4 Å². The third kappa shape index (κ3) is 2.14. The highest BCUT2D eigenvalue weighted by Crippen LogP contribution is 2.17. The van der Waals surface area contributed by atoms with Crippen LogP contribution in [-0.2, 0) is 6.54 Å². The van der Waals surface area contributed by atoms with Crippen LogP contribution in [0.25, 0.3) is 10.9 Å². The van der Waals surface area contributed by atoms with Crippen molar-refractivity contribution in [2.24, 2.45) is 0 Å². The van der Waals surface area contributed by atoms with Crippen LogP contribution < -0.4 is 5.56 Å². The first kappa shape index (κ1) is 12.7. The van der Waals surface area contributed by atoms with Crippen molar-refractivity contribution in [2.75, 3.05) is 0 Å². The highest BCUT2D eigenvalue weighted by molar-refractivity contribution is 5.82. The molecule has 0 saturated heterocycles. The van der Waals surface area contributed by atoms with Crippen molar-refractivity contribution >= 4 is 10.9 Å². The first-order valence-corrected chi connectivity index (χ1v) is 6.80. The Balaban J connectivity index is 2.22. The monoisotopic (exact) mass is 263 g/mol. The molecular formula is C18H17NO. The van der Waals surface area contributed by atoms with Crippen LogP contribution in [0.1, 0.15) is 16.7 Å². The van der Waals surface area contributed by atoms with Gasteiger partial charge in [-0.2, -0.15) is 0 Å². The van der Waals surface area contributed by atoms with Crippen molar-refractivity contribution in [3.05, 3.63) is 81.6 Å². The van der Waals surface area contributed by atoms with Gasteiger partial charge in [-0.1, -0.05) is 42.5 Å². The van der Waals surface area contributed by atoms with Crippen molar-refractivity contribution in [3.8, 4) is 0 Å². The van der Waals surface area contributed by atoms with Crippen LogP contribution in [0.3, 0.4) is 0 Å². The number of hydrogen-bond acceptors (Lipinski definition) is 1. The number of aryl methyl sites for hydroxylation is 2. The van der Waals surface area contributed by atoms with Gasteiger partial charge in [-0.15, -0.1) is 0 Å². The van der Waals surface area contributed by atoms with Crippen molar-refractivity contribution in [1.29, 1.82) is 0 Å². The van der Waals surface area contributed by atoms with E-state index in [-0.39, 0.29) is 5.56 Å². The van der Waals surface area contributed by atoms with Gasteiger partial charge in [-0.25, -0.2) is 0 Å². The number of pyridine rings is 1. The van der Waals surface area contributed by atoms with Crippen LogP contribution >= 0.6 is 0 Å². The van der Waals surface area contributed by atoms with E-state index in [0.29, 0.717) is 6.54 Å². The van der Waals surface area contributed by atoms with Crippen LogP contribution in [0.2, 0.25) is 0 Å². The number of aromatic nitrogens is 1. The largest absolute Gasteiger partial charge is 0.304 e. The lowest BCUT2D eigenvalue weighted by atomic mass is 10.1. The lowest BCUT2D eigenvalue weighted by molar-refractivity contribution is 0.788. The molecule has 20 heavy (non-hydrogen) atoms. The second-order valence-corrected chi connectivity index (χ2v) is 5.20. The molecule has 0 spiro atoms. The van der Waals surface area contributed by atoms with Gasteiger partial charge >= 0.3 is 0 Å². The Morgan fingerprint density at radius 2 is 1.60 bits per heavy atom. The van der Waals surface area contributed by atoms with Gasteiger partial charge in [-0.3, -0.25) is 4.79 Å². The second-order valence-electron chi connectivity index (χ2n) is 5.20. The van der Waals surface area contributed by atoms with Crippen LogP contribution in [0.15, 0.2) is 59.4 Å². The molecule has 2 heteroatoms. The number of hydrogen-bond donors (Lipinski definition) is 0. The van der Waals surface area contributed by atoms with Crippen LogP contribution in [0.5, 0.6) is 0 Å². The van der Waals surface area contributed by atoms with E-state index in [1.807, 2.05) is 41.8 Å². The molecular weight excluding hydrogens is 246 g/mol. The first-order chi connectivity index (χ1) is 9.66. The van der Waals surface area contributed by atoms with Gasteiger partial charge in [-0.05, 0) is 36.6 Å². The molecule has 0 aliphatic heterocycles. The number of rotatable bonds is 2. The van der Waals surface area contributed by atoms with Crippen LogP contribution in [-0.4, -0.2) is 4.57 Å². The fourth-order valence-corrected chi connectivity index (χ4v) is 2.62. The van der Waals surface area contributed by atoms with E-state index in [1.165, 1.54) is 11.1 Å². The minimum Gasteiger partial charge on any atom is -0.304 e. The normalized spacial score (nSPS) is 10.9. The van der Waals surface area contributed by atoms with Gasteiger partial charge in [0.1, 0.15) is 0 Å². The maximum absolute atomic E-state index is 12.3. The smallest absolute Gasteiger partial charge is 0.251 e. The van der Waals surface area contributed by atoms with Gasteiger partial charge in [0.15, 0.2) is 0 Å². The number of benzene rings is 2. The Hall–Kier alpha value is -2.35. The van der Waals surface area contributed by atoms with Crippen LogP contribution in [0, 0.1) is 13.8 Å². The van der Waals surface area contributed by atoms with Crippen molar-refractivity contribution < 1.29 is 0 Å². The van der Waals surface area contributed by atoms with Gasteiger partial charge in [0, 0.05) is 11.5 Å². The molecule has 0 radical (unpaired) electrons. The summed E-state index contributed by atoms with van der Waals surface area (Å²) in [5.41, 5.74) is 4.49. The average molecular weight is 263 g/mol. The highest BCUT2D eigenvalue weighted by atomic mass is 16.1. The summed E-state index contributed by atoms with van der Waals surface area (Å²) in [6.45, 7) is 4.69. The highest BCUT2D eigenvalue weighted by Gasteiger charge is 2.07. The topological polar surface area (TPSA) is 22.0 Å². The van der Waals surface area contributed by atoms with E-state index in [9.17, 15) is 4.79 Å². The van der Waals surface area contributed by atoms with E-state index >= 15 is 0 Å². The van der Waals surface area contributed by atoms with Crippen LogP contribution in [0.4, 0.5) is 0 Å². The minimum atomic E-state index is 0.0597. The molecule has 2 nitrogen and oxygen atoms in total. The zero-order valence-electron chi connectivity index (χ0n) is 11.8. The summed E-state index contributed by atoms with van der Waals surface area (Å²) in [5.74, 6) is 0. The van der Waals surface area contributed by atoms with E-state index in [4.69, 9.17) is 0 Å². The average Bonchev–Trinajstić information content (AvgIpc) is 2.45. The summed E-state index contributed by atoms with van der Waals surface area (Å²) in [5, 5.41) is 1.14. The summed E-state index contributed by atoms with van der Waals surface area (Å²) in [7, 11) is 0. The molecule has 0 aliphatic rings. The predicted molar refractivity (Wildman–Crippen MR) is 83.2 cm³/mol. The number of para-hydroxylation sites is 1. The molecule has 0 fully saturated rings. The fraction of sp³-hybridized carbons (Fsp3) is 0.167. The predicted octanol–water partition coefficient (Wildman–Crippen LogP) is 3.67. The van der Waals surface area contributed by atoms with E-state index in [1.54, 1.807) is 6.07 Å². The molecule has 3 rings (SSSR count). The summed E-state index contributed by atoms with van der Waals surface area (Å²) in [4.78, 5) is 12.3. The van der Waals surface area contributed by atoms with Gasteiger partial charge in [0.25, 0.3) is 5.56 Å². The Morgan fingerprint density at radius 1 is 0.900 bits per heavy atom. The summed E-state index contributed by atoms with van der Waals surface area (Å²) in [6.07, 6.45) is 0. The quantitative estimate of drug-likeness (QED) is 0.691. The van der Waals surface area contributed by atoms with E-state index in [0.717, 1.165) is 16.5 Å². The SMILES string of the molecule is Cc1ccccc1Cn1c(=O)cc(C)c2ccccc21.